The molecule has 130 valence electrons. The Labute approximate surface area is 148 Å². The van der Waals surface area contributed by atoms with Gasteiger partial charge in [-0.1, -0.05) is 30.3 Å². The molecule has 0 unspecified atom stereocenters. The van der Waals surface area contributed by atoms with Crippen LogP contribution in [0.5, 0.6) is 0 Å². The SMILES string of the molecule is Cn1c(C(=O)Nc2ccccc2F)cc2c(=O)n(C)c3ccccc3c21. The van der Waals surface area contributed by atoms with Crippen LogP contribution in [-0.4, -0.2) is 15.0 Å². The predicted molar refractivity (Wildman–Crippen MR) is 100 cm³/mol. The second-order valence-corrected chi connectivity index (χ2v) is 6.17. The Morgan fingerprint density at radius 1 is 0.962 bits per heavy atom. The lowest BCUT2D eigenvalue weighted by Crippen LogP contribution is -2.17. The highest BCUT2D eigenvalue weighted by molar-refractivity contribution is 6.11. The third-order valence-corrected chi connectivity index (χ3v) is 4.64. The molecule has 0 radical (unpaired) electrons. The second kappa shape index (κ2) is 5.84. The monoisotopic (exact) mass is 349 g/mol. The second-order valence-electron chi connectivity index (χ2n) is 6.17. The lowest BCUT2D eigenvalue weighted by Gasteiger charge is -2.09. The number of nitrogens with zero attached hydrogens (tertiary/aromatic N) is 2. The fourth-order valence-corrected chi connectivity index (χ4v) is 3.32. The van der Waals surface area contributed by atoms with E-state index >= 15 is 0 Å². The summed E-state index contributed by atoms with van der Waals surface area (Å²) in [6, 6.07) is 15.0. The maximum Gasteiger partial charge on any atom is 0.272 e. The van der Waals surface area contributed by atoms with Gasteiger partial charge in [0.1, 0.15) is 11.5 Å². The summed E-state index contributed by atoms with van der Waals surface area (Å²) < 4.78 is 17.1. The minimum atomic E-state index is -0.513. The van der Waals surface area contributed by atoms with Crippen molar-refractivity contribution in [3.8, 4) is 0 Å². The van der Waals surface area contributed by atoms with Crippen LogP contribution in [0.3, 0.4) is 0 Å². The Kier molecular flexibility index (Phi) is 3.61. The van der Waals surface area contributed by atoms with Gasteiger partial charge in [-0.05, 0) is 24.3 Å². The number of carbonyl (C=O) groups is 1. The molecule has 26 heavy (non-hydrogen) atoms. The van der Waals surface area contributed by atoms with Gasteiger partial charge in [0.05, 0.1) is 22.1 Å². The molecule has 6 heteroatoms. The zero-order chi connectivity index (χ0) is 18.4. The van der Waals surface area contributed by atoms with Gasteiger partial charge in [-0.3, -0.25) is 9.59 Å². The van der Waals surface area contributed by atoms with E-state index in [1.54, 1.807) is 41.4 Å². The summed E-state index contributed by atoms with van der Waals surface area (Å²) in [7, 11) is 3.43. The highest BCUT2D eigenvalue weighted by atomic mass is 19.1. The molecule has 0 atom stereocenters. The van der Waals surface area contributed by atoms with Crippen molar-refractivity contribution >= 4 is 33.4 Å². The molecule has 4 rings (SSSR count). The van der Waals surface area contributed by atoms with Gasteiger partial charge in [-0.15, -0.1) is 0 Å². The minimum absolute atomic E-state index is 0.0977. The topological polar surface area (TPSA) is 56.0 Å². The quantitative estimate of drug-likeness (QED) is 0.603. The number of rotatable bonds is 2. The lowest BCUT2D eigenvalue weighted by molar-refractivity contribution is 0.101. The zero-order valence-corrected chi connectivity index (χ0v) is 14.3. The molecular formula is C20H16FN3O2. The molecule has 0 saturated heterocycles. The van der Waals surface area contributed by atoms with E-state index in [1.807, 2.05) is 24.3 Å². The largest absolute Gasteiger partial charge is 0.339 e. The molecule has 0 bridgehead atoms. The summed E-state index contributed by atoms with van der Waals surface area (Å²) in [5.41, 5.74) is 1.67. The van der Waals surface area contributed by atoms with E-state index in [1.165, 1.54) is 12.1 Å². The van der Waals surface area contributed by atoms with Gasteiger partial charge in [0, 0.05) is 19.5 Å². The van der Waals surface area contributed by atoms with Gasteiger partial charge in [0.25, 0.3) is 11.5 Å². The van der Waals surface area contributed by atoms with Crippen molar-refractivity contribution in [3.05, 3.63) is 76.5 Å². The van der Waals surface area contributed by atoms with E-state index in [9.17, 15) is 14.0 Å². The van der Waals surface area contributed by atoms with Gasteiger partial charge >= 0.3 is 0 Å². The number of amides is 1. The lowest BCUT2D eigenvalue weighted by atomic mass is 10.1. The predicted octanol–water partition coefficient (Wildman–Crippen LogP) is 3.42. The first-order valence-corrected chi connectivity index (χ1v) is 8.12. The van der Waals surface area contributed by atoms with Crippen molar-refractivity contribution in [1.82, 2.24) is 9.13 Å². The molecule has 1 N–H and O–H groups in total. The Bertz CT molecular complexity index is 1240. The van der Waals surface area contributed by atoms with E-state index in [4.69, 9.17) is 0 Å². The van der Waals surface area contributed by atoms with Crippen LogP contribution in [0.15, 0.2) is 59.4 Å². The molecule has 4 aromatic rings. The molecule has 0 fully saturated rings. The van der Waals surface area contributed by atoms with Gasteiger partial charge in [0.15, 0.2) is 0 Å². The number of aryl methyl sites for hydroxylation is 2. The molecule has 2 aromatic heterocycles. The van der Waals surface area contributed by atoms with Crippen molar-refractivity contribution in [1.29, 1.82) is 0 Å². The highest BCUT2D eigenvalue weighted by Gasteiger charge is 2.19. The number of halogens is 1. The number of aromatic nitrogens is 2. The molecular weight excluding hydrogens is 333 g/mol. The Balaban J connectivity index is 1.92. The Morgan fingerprint density at radius 3 is 2.42 bits per heavy atom. The van der Waals surface area contributed by atoms with Crippen LogP contribution in [0, 0.1) is 5.82 Å². The van der Waals surface area contributed by atoms with Crippen LogP contribution in [0.2, 0.25) is 0 Å². The number of anilines is 1. The van der Waals surface area contributed by atoms with E-state index in [0.29, 0.717) is 10.9 Å². The molecule has 0 aliphatic carbocycles. The number of pyridine rings is 1. The van der Waals surface area contributed by atoms with E-state index in [-0.39, 0.29) is 16.9 Å². The average molecular weight is 349 g/mol. The van der Waals surface area contributed by atoms with Crippen LogP contribution in [0.25, 0.3) is 21.8 Å². The van der Waals surface area contributed by atoms with Crippen LogP contribution in [0.1, 0.15) is 10.5 Å². The van der Waals surface area contributed by atoms with Gasteiger partial charge in [-0.2, -0.15) is 0 Å². The van der Waals surface area contributed by atoms with Gasteiger partial charge < -0.3 is 14.5 Å². The first kappa shape index (κ1) is 16.1. The fraction of sp³-hybridized carbons (Fsp3) is 0.100. The van der Waals surface area contributed by atoms with Crippen molar-refractivity contribution in [3.63, 3.8) is 0 Å². The molecule has 0 spiro atoms. The standard InChI is InChI=1S/C20H16FN3O2/c1-23-17(19(25)22-15-9-5-4-8-14(15)21)11-13-18(23)12-7-3-6-10-16(12)24(2)20(13)26/h3-11H,1-2H3,(H,22,25). The molecule has 0 aliphatic rings. The summed E-state index contributed by atoms with van der Waals surface area (Å²) in [6.45, 7) is 0. The van der Waals surface area contributed by atoms with Gasteiger partial charge in [-0.25, -0.2) is 4.39 Å². The number of hydrogen-bond acceptors (Lipinski definition) is 2. The van der Waals surface area contributed by atoms with Crippen molar-refractivity contribution < 1.29 is 9.18 Å². The van der Waals surface area contributed by atoms with E-state index < -0.39 is 11.7 Å². The number of para-hydroxylation sites is 2. The van der Waals surface area contributed by atoms with Crippen LogP contribution < -0.4 is 10.9 Å². The summed E-state index contributed by atoms with van der Waals surface area (Å²) in [5, 5.41) is 3.89. The van der Waals surface area contributed by atoms with Gasteiger partial charge in [0.2, 0.25) is 0 Å². The van der Waals surface area contributed by atoms with Crippen LogP contribution in [-0.2, 0) is 14.1 Å². The molecule has 2 aromatic carbocycles. The number of nitrogens with one attached hydrogen (secondary N) is 1. The number of benzene rings is 2. The molecule has 2 heterocycles. The smallest absolute Gasteiger partial charge is 0.272 e. The average Bonchev–Trinajstić information content (AvgIpc) is 2.99. The summed E-state index contributed by atoms with van der Waals surface area (Å²) >= 11 is 0. The maximum absolute atomic E-state index is 13.8. The molecule has 1 amide bonds. The minimum Gasteiger partial charge on any atom is -0.339 e. The van der Waals surface area contributed by atoms with Crippen molar-refractivity contribution in [2.45, 2.75) is 0 Å². The maximum atomic E-state index is 13.8. The number of fused-ring (bicyclic) bond motifs is 3. The fourth-order valence-electron chi connectivity index (χ4n) is 3.32. The third kappa shape index (κ3) is 2.30. The third-order valence-electron chi connectivity index (χ3n) is 4.64. The van der Waals surface area contributed by atoms with Crippen molar-refractivity contribution in [2.75, 3.05) is 5.32 Å². The molecule has 0 aliphatic heterocycles. The Morgan fingerprint density at radius 2 is 1.65 bits per heavy atom. The zero-order valence-electron chi connectivity index (χ0n) is 14.3. The molecule has 0 saturated carbocycles. The van der Waals surface area contributed by atoms with E-state index in [0.717, 1.165) is 10.9 Å². The van der Waals surface area contributed by atoms with Crippen LogP contribution in [0.4, 0.5) is 10.1 Å². The highest BCUT2D eigenvalue weighted by Crippen LogP contribution is 2.25. The Hall–Kier alpha value is -3.41. The number of carbonyl (C=O) groups excluding carboxylic acids is 1. The first-order valence-electron chi connectivity index (χ1n) is 8.12. The molecule has 5 nitrogen and oxygen atoms in total. The van der Waals surface area contributed by atoms with Crippen molar-refractivity contribution in [2.24, 2.45) is 14.1 Å². The normalized spacial score (nSPS) is 11.2. The van der Waals surface area contributed by atoms with Crippen LogP contribution >= 0.6 is 0 Å². The first-order chi connectivity index (χ1) is 12.5. The summed E-state index contributed by atoms with van der Waals surface area (Å²) in [5.74, 6) is -0.985. The summed E-state index contributed by atoms with van der Waals surface area (Å²) in [4.78, 5) is 25.4. The van der Waals surface area contributed by atoms with E-state index in [2.05, 4.69) is 5.32 Å². The number of hydrogen-bond donors (Lipinski definition) is 1. The summed E-state index contributed by atoms with van der Waals surface area (Å²) in [6.07, 6.45) is 0.